The Kier molecular flexibility index (Phi) is 6.45. The molecule has 2 aromatic rings. The first kappa shape index (κ1) is 17.2. The van der Waals surface area contributed by atoms with Crippen molar-refractivity contribution in [2.24, 2.45) is 0 Å². The van der Waals surface area contributed by atoms with Crippen LogP contribution in [0.15, 0.2) is 60.7 Å². The fourth-order valence-corrected chi connectivity index (χ4v) is 3.74. The summed E-state index contributed by atoms with van der Waals surface area (Å²) in [5, 5.41) is 0. The van der Waals surface area contributed by atoms with Crippen LogP contribution in [0.4, 0.5) is 0 Å². The fraction of sp³-hybridized carbons (Fsp3) is 0.455. The lowest BCUT2D eigenvalue weighted by Gasteiger charge is -2.36. The van der Waals surface area contributed by atoms with Crippen LogP contribution in [0.5, 0.6) is 0 Å². The highest BCUT2D eigenvalue weighted by atomic mass is 15.2. The largest absolute Gasteiger partial charge is 0.303 e. The van der Waals surface area contributed by atoms with Crippen molar-refractivity contribution in [1.29, 1.82) is 0 Å². The molecule has 0 saturated carbocycles. The maximum absolute atomic E-state index is 2.65. The third kappa shape index (κ3) is 5.19. The molecule has 0 N–H and O–H groups in total. The van der Waals surface area contributed by atoms with Crippen molar-refractivity contribution in [2.75, 3.05) is 26.7 Å². The van der Waals surface area contributed by atoms with Gasteiger partial charge in [0.05, 0.1) is 0 Å². The molecule has 1 aliphatic heterocycles. The van der Waals surface area contributed by atoms with Gasteiger partial charge in [-0.05, 0) is 63.5 Å². The molecule has 24 heavy (non-hydrogen) atoms. The predicted molar refractivity (Wildman–Crippen MR) is 102 cm³/mol. The third-order valence-corrected chi connectivity index (χ3v) is 5.24. The minimum atomic E-state index is 0.732. The van der Waals surface area contributed by atoms with E-state index in [2.05, 4.69) is 77.5 Å². The second-order valence-electron chi connectivity index (χ2n) is 7.06. The summed E-state index contributed by atoms with van der Waals surface area (Å²) in [6, 6.07) is 22.4. The molecule has 1 fully saturated rings. The van der Waals surface area contributed by atoms with Crippen molar-refractivity contribution in [3.05, 3.63) is 71.8 Å². The van der Waals surface area contributed by atoms with Crippen LogP contribution in [-0.2, 0) is 13.0 Å². The lowest BCUT2D eigenvalue weighted by atomic mass is 10.0. The number of hydrogen-bond acceptors (Lipinski definition) is 2. The van der Waals surface area contributed by atoms with Crippen molar-refractivity contribution in [2.45, 2.75) is 38.3 Å². The molecule has 2 aromatic carbocycles. The average molecular weight is 322 g/mol. The molecule has 0 aliphatic carbocycles. The minimum absolute atomic E-state index is 0.732. The third-order valence-electron chi connectivity index (χ3n) is 5.24. The summed E-state index contributed by atoms with van der Waals surface area (Å²) in [5.41, 5.74) is 2.89. The second-order valence-corrected chi connectivity index (χ2v) is 7.06. The quantitative estimate of drug-likeness (QED) is 0.753. The zero-order chi connectivity index (χ0) is 16.6. The Morgan fingerprint density at radius 1 is 0.875 bits per heavy atom. The molecule has 3 rings (SSSR count). The van der Waals surface area contributed by atoms with Crippen LogP contribution in [0, 0.1) is 0 Å². The highest BCUT2D eigenvalue weighted by molar-refractivity contribution is 5.15. The van der Waals surface area contributed by atoms with Crippen molar-refractivity contribution >= 4 is 0 Å². The van der Waals surface area contributed by atoms with E-state index in [1.807, 2.05) is 0 Å². The molecule has 1 saturated heterocycles. The lowest BCUT2D eigenvalue weighted by Crippen LogP contribution is -2.43. The summed E-state index contributed by atoms with van der Waals surface area (Å²) >= 11 is 0. The number of nitrogens with zero attached hydrogens (tertiary/aromatic N) is 2. The van der Waals surface area contributed by atoms with E-state index < -0.39 is 0 Å². The first-order valence-electron chi connectivity index (χ1n) is 9.32. The smallest absolute Gasteiger partial charge is 0.0233 e. The summed E-state index contributed by atoms with van der Waals surface area (Å²) in [6.45, 7) is 4.81. The standard InChI is InChI=1S/C22H30N2/c1-23(19-21-11-6-3-7-12-21)22-14-17-24(18-15-22)16-8-13-20-9-4-2-5-10-20/h2-7,9-12,22H,8,13-19H2,1H3. The van der Waals surface area contributed by atoms with Gasteiger partial charge in [0, 0.05) is 12.6 Å². The van der Waals surface area contributed by atoms with E-state index in [0.29, 0.717) is 0 Å². The highest BCUT2D eigenvalue weighted by Crippen LogP contribution is 2.18. The Bertz CT molecular complexity index is 573. The van der Waals surface area contributed by atoms with E-state index in [4.69, 9.17) is 0 Å². The molecule has 0 amide bonds. The number of piperidine rings is 1. The van der Waals surface area contributed by atoms with Crippen LogP contribution in [0.2, 0.25) is 0 Å². The van der Waals surface area contributed by atoms with E-state index in [9.17, 15) is 0 Å². The second kappa shape index (κ2) is 9.00. The van der Waals surface area contributed by atoms with Crippen molar-refractivity contribution in [3.8, 4) is 0 Å². The molecule has 1 aliphatic rings. The van der Waals surface area contributed by atoms with Crippen molar-refractivity contribution in [3.63, 3.8) is 0 Å². The van der Waals surface area contributed by atoms with Gasteiger partial charge in [0.15, 0.2) is 0 Å². The normalized spacial score (nSPS) is 16.6. The molecule has 0 spiro atoms. The molecule has 1 heterocycles. The number of aryl methyl sites for hydroxylation is 1. The summed E-state index contributed by atoms with van der Waals surface area (Å²) in [6.07, 6.45) is 5.08. The van der Waals surface area contributed by atoms with Gasteiger partial charge in [0.2, 0.25) is 0 Å². The molecule has 0 radical (unpaired) electrons. The molecule has 2 heteroatoms. The summed E-state index contributed by atoms with van der Waals surface area (Å²) in [5.74, 6) is 0. The minimum Gasteiger partial charge on any atom is -0.303 e. The summed E-state index contributed by atoms with van der Waals surface area (Å²) in [4.78, 5) is 5.19. The Morgan fingerprint density at radius 2 is 1.46 bits per heavy atom. The molecular weight excluding hydrogens is 292 g/mol. The van der Waals surface area contributed by atoms with Gasteiger partial charge in [-0.3, -0.25) is 4.90 Å². The Hall–Kier alpha value is -1.64. The van der Waals surface area contributed by atoms with E-state index >= 15 is 0 Å². The molecular formula is C22H30N2. The van der Waals surface area contributed by atoms with Crippen LogP contribution in [0.3, 0.4) is 0 Å². The van der Waals surface area contributed by atoms with E-state index in [-0.39, 0.29) is 0 Å². The monoisotopic (exact) mass is 322 g/mol. The van der Waals surface area contributed by atoms with E-state index in [1.54, 1.807) is 0 Å². The van der Waals surface area contributed by atoms with Crippen LogP contribution in [0.1, 0.15) is 30.4 Å². The van der Waals surface area contributed by atoms with Gasteiger partial charge in [-0.15, -0.1) is 0 Å². The number of likely N-dealkylation sites (tertiary alicyclic amines) is 1. The molecule has 0 atom stereocenters. The Morgan fingerprint density at radius 3 is 2.08 bits per heavy atom. The maximum Gasteiger partial charge on any atom is 0.0233 e. The zero-order valence-corrected chi connectivity index (χ0v) is 14.9. The molecule has 128 valence electrons. The van der Waals surface area contributed by atoms with Gasteiger partial charge in [0.1, 0.15) is 0 Å². The van der Waals surface area contributed by atoms with Gasteiger partial charge in [-0.2, -0.15) is 0 Å². The topological polar surface area (TPSA) is 6.48 Å². The SMILES string of the molecule is CN(Cc1ccccc1)C1CCN(CCCc2ccccc2)CC1. The van der Waals surface area contributed by atoms with Crippen LogP contribution >= 0.6 is 0 Å². The Balaban J connectivity index is 1.36. The fourth-order valence-electron chi connectivity index (χ4n) is 3.74. The number of rotatable bonds is 7. The van der Waals surface area contributed by atoms with Gasteiger partial charge in [0.25, 0.3) is 0 Å². The first-order valence-corrected chi connectivity index (χ1v) is 9.32. The number of benzene rings is 2. The lowest BCUT2D eigenvalue weighted by molar-refractivity contribution is 0.122. The van der Waals surface area contributed by atoms with Gasteiger partial charge < -0.3 is 4.90 Å². The highest BCUT2D eigenvalue weighted by Gasteiger charge is 2.22. The van der Waals surface area contributed by atoms with Gasteiger partial charge in [-0.1, -0.05) is 60.7 Å². The van der Waals surface area contributed by atoms with Crippen LogP contribution in [0.25, 0.3) is 0 Å². The summed E-state index contributed by atoms with van der Waals surface area (Å²) < 4.78 is 0. The van der Waals surface area contributed by atoms with E-state index in [1.165, 1.54) is 56.4 Å². The average Bonchev–Trinajstić information content (AvgIpc) is 2.64. The van der Waals surface area contributed by atoms with Crippen LogP contribution in [-0.4, -0.2) is 42.5 Å². The molecule has 0 unspecified atom stereocenters. The van der Waals surface area contributed by atoms with Crippen molar-refractivity contribution < 1.29 is 0 Å². The first-order chi connectivity index (χ1) is 11.8. The molecule has 0 aromatic heterocycles. The zero-order valence-electron chi connectivity index (χ0n) is 14.9. The maximum atomic E-state index is 2.65. The number of hydrogen-bond donors (Lipinski definition) is 0. The molecule has 0 bridgehead atoms. The summed E-state index contributed by atoms with van der Waals surface area (Å²) in [7, 11) is 2.28. The predicted octanol–water partition coefficient (Wildman–Crippen LogP) is 4.22. The van der Waals surface area contributed by atoms with Gasteiger partial charge in [-0.25, -0.2) is 0 Å². The van der Waals surface area contributed by atoms with Crippen LogP contribution < -0.4 is 0 Å². The molecule has 2 nitrogen and oxygen atoms in total. The van der Waals surface area contributed by atoms with Crippen molar-refractivity contribution in [1.82, 2.24) is 9.80 Å². The van der Waals surface area contributed by atoms with Gasteiger partial charge >= 0.3 is 0 Å². The Labute approximate surface area is 147 Å². The van der Waals surface area contributed by atoms with E-state index in [0.717, 1.165) is 12.6 Å².